The predicted molar refractivity (Wildman–Crippen MR) is 81.9 cm³/mol. The van der Waals surface area contributed by atoms with E-state index in [1.807, 2.05) is 21.6 Å². The van der Waals surface area contributed by atoms with Gasteiger partial charge in [-0.05, 0) is 46.0 Å². The van der Waals surface area contributed by atoms with Gasteiger partial charge >= 0.3 is 0 Å². The van der Waals surface area contributed by atoms with Crippen LogP contribution in [0, 0.1) is 0 Å². The van der Waals surface area contributed by atoms with E-state index in [9.17, 15) is 4.79 Å². The molecule has 0 spiro atoms. The number of carbonyl (C=O) groups excluding carboxylic acids is 1. The quantitative estimate of drug-likeness (QED) is 0.561. The first kappa shape index (κ1) is 14.6. The zero-order valence-corrected chi connectivity index (χ0v) is 13.2. The van der Waals surface area contributed by atoms with Crippen LogP contribution in [0.4, 0.5) is 0 Å². The Morgan fingerprint density at radius 3 is 2.50 bits per heavy atom. The lowest BCUT2D eigenvalue weighted by Crippen LogP contribution is -2.38. The van der Waals surface area contributed by atoms with Crippen LogP contribution >= 0.6 is 21.6 Å². The van der Waals surface area contributed by atoms with E-state index in [0.717, 1.165) is 18.1 Å². The normalized spacial score (nSPS) is 32.1. The van der Waals surface area contributed by atoms with E-state index in [-0.39, 0.29) is 0 Å². The van der Waals surface area contributed by atoms with Crippen LogP contribution < -0.4 is 0 Å². The molecule has 4 heteroatoms. The van der Waals surface area contributed by atoms with Gasteiger partial charge < -0.3 is 4.90 Å². The molecule has 0 radical (unpaired) electrons. The maximum Gasteiger partial charge on any atom is 0.223 e. The van der Waals surface area contributed by atoms with Crippen LogP contribution in [0.3, 0.4) is 0 Å². The molecule has 0 unspecified atom stereocenters. The molecule has 2 fully saturated rings. The molecule has 104 valence electrons. The molecule has 0 aromatic rings. The fourth-order valence-electron chi connectivity index (χ4n) is 3.03. The average Bonchev–Trinajstić information content (AvgIpc) is 2.95. The second-order valence-corrected chi connectivity index (χ2v) is 8.44. The maximum atomic E-state index is 12.2. The molecule has 2 aliphatic heterocycles. The van der Waals surface area contributed by atoms with Crippen molar-refractivity contribution in [3.63, 3.8) is 0 Å². The van der Waals surface area contributed by atoms with Gasteiger partial charge in [0.15, 0.2) is 0 Å². The largest absolute Gasteiger partial charge is 0.337 e. The molecular weight excluding hydrogens is 262 g/mol. The van der Waals surface area contributed by atoms with Crippen molar-refractivity contribution in [2.24, 2.45) is 0 Å². The Labute approximate surface area is 119 Å². The Kier molecular flexibility index (Phi) is 5.74. The standard InChI is InChI=1S/C14H25NOS2/c1-11-7-8-12(2)15(11)14(16)6-4-3-5-13-9-10-17-18-13/h11-13H,3-10H2,1-2H3/t11-,12+,13-/m0/s1. The predicted octanol–water partition coefficient (Wildman–Crippen LogP) is 4.10. The van der Waals surface area contributed by atoms with Crippen molar-refractivity contribution in [3.05, 3.63) is 0 Å². The van der Waals surface area contributed by atoms with E-state index in [2.05, 4.69) is 18.7 Å². The first-order valence-corrected chi connectivity index (χ1v) is 9.66. The van der Waals surface area contributed by atoms with Gasteiger partial charge in [0.25, 0.3) is 0 Å². The number of likely N-dealkylation sites (tertiary alicyclic amines) is 1. The Morgan fingerprint density at radius 1 is 1.17 bits per heavy atom. The lowest BCUT2D eigenvalue weighted by atomic mass is 10.1. The molecule has 3 atom stereocenters. The first-order chi connectivity index (χ1) is 8.68. The van der Waals surface area contributed by atoms with Crippen LogP contribution in [-0.4, -0.2) is 33.9 Å². The number of amides is 1. The van der Waals surface area contributed by atoms with Gasteiger partial charge in [0, 0.05) is 29.5 Å². The van der Waals surface area contributed by atoms with Crippen molar-refractivity contribution in [1.82, 2.24) is 4.90 Å². The molecule has 0 N–H and O–H groups in total. The number of hydrogen-bond acceptors (Lipinski definition) is 3. The molecule has 0 saturated carbocycles. The molecule has 0 aromatic carbocycles. The molecule has 2 heterocycles. The lowest BCUT2D eigenvalue weighted by molar-refractivity contribution is -0.133. The summed E-state index contributed by atoms with van der Waals surface area (Å²) in [5, 5.41) is 0.856. The summed E-state index contributed by atoms with van der Waals surface area (Å²) in [5.41, 5.74) is 0. The molecule has 0 aromatic heterocycles. The summed E-state index contributed by atoms with van der Waals surface area (Å²) in [7, 11) is 4.06. The number of carbonyl (C=O) groups is 1. The fraction of sp³-hybridized carbons (Fsp3) is 0.929. The Hall–Kier alpha value is 0.170. The summed E-state index contributed by atoms with van der Waals surface area (Å²) in [6.07, 6.45) is 8.10. The molecule has 18 heavy (non-hydrogen) atoms. The molecule has 2 aliphatic rings. The summed E-state index contributed by atoms with van der Waals surface area (Å²) < 4.78 is 0. The third kappa shape index (κ3) is 3.83. The molecule has 2 nitrogen and oxygen atoms in total. The summed E-state index contributed by atoms with van der Waals surface area (Å²) >= 11 is 0. The van der Waals surface area contributed by atoms with Crippen molar-refractivity contribution >= 4 is 27.5 Å². The third-order valence-electron chi connectivity index (χ3n) is 4.13. The SMILES string of the molecule is C[C@@H]1CC[C@H](C)N1C(=O)CCCC[C@H]1CCSS1. The number of unbranched alkanes of at least 4 members (excludes halogenated alkanes) is 1. The van der Waals surface area contributed by atoms with E-state index in [1.54, 1.807) is 0 Å². The molecule has 2 rings (SSSR count). The maximum absolute atomic E-state index is 12.2. The monoisotopic (exact) mass is 287 g/mol. The zero-order valence-electron chi connectivity index (χ0n) is 11.6. The van der Waals surface area contributed by atoms with Gasteiger partial charge in [-0.15, -0.1) is 0 Å². The number of hydrogen-bond donors (Lipinski definition) is 0. The van der Waals surface area contributed by atoms with Gasteiger partial charge in [-0.25, -0.2) is 0 Å². The molecule has 0 bridgehead atoms. The highest BCUT2D eigenvalue weighted by Crippen LogP contribution is 2.39. The highest BCUT2D eigenvalue weighted by atomic mass is 33.1. The van der Waals surface area contributed by atoms with Crippen molar-refractivity contribution < 1.29 is 4.79 Å². The molecule has 2 saturated heterocycles. The topological polar surface area (TPSA) is 20.3 Å². The van der Waals surface area contributed by atoms with Crippen LogP contribution in [0.2, 0.25) is 0 Å². The highest BCUT2D eigenvalue weighted by Gasteiger charge is 2.30. The van der Waals surface area contributed by atoms with Crippen LogP contribution in [0.1, 0.15) is 58.8 Å². The number of rotatable bonds is 5. The van der Waals surface area contributed by atoms with Crippen molar-refractivity contribution in [1.29, 1.82) is 0 Å². The minimum absolute atomic E-state index is 0.390. The van der Waals surface area contributed by atoms with Crippen LogP contribution in [0.25, 0.3) is 0 Å². The zero-order chi connectivity index (χ0) is 13.0. The van der Waals surface area contributed by atoms with E-state index < -0.39 is 0 Å². The summed E-state index contributed by atoms with van der Waals surface area (Å²) in [4.78, 5) is 14.3. The van der Waals surface area contributed by atoms with Crippen LogP contribution in [0.5, 0.6) is 0 Å². The molecular formula is C14H25NOS2. The minimum Gasteiger partial charge on any atom is -0.337 e. The second-order valence-electron chi connectivity index (χ2n) is 5.65. The van der Waals surface area contributed by atoms with Gasteiger partial charge in [0.2, 0.25) is 5.91 Å². The van der Waals surface area contributed by atoms with Gasteiger partial charge in [-0.3, -0.25) is 4.79 Å². The summed E-state index contributed by atoms with van der Waals surface area (Å²) in [5.74, 6) is 1.71. The van der Waals surface area contributed by atoms with Gasteiger partial charge in [-0.2, -0.15) is 0 Å². The fourth-order valence-corrected chi connectivity index (χ4v) is 6.06. The van der Waals surface area contributed by atoms with Gasteiger partial charge in [-0.1, -0.05) is 28.0 Å². The molecule has 0 aliphatic carbocycles. The van der Waals surface area contributed by atoms with Crippen molar-refractivity contribution in [3.8, 4) is 0 Å². The second kappa shape index (κ2) is 7.09. The van der Waals surface area contributed by atoms with Gasteiger partial charge in [0.05, 0.1) is 0 Å². The van der Waals surface area contributed by atoms with Crippen LogP contribution in [0.15, 0.2) is 0 Å². The van der Waals surface area contributed by atoms with E-state index in [1.165, 1.54) is 37.9 Å². The van der Waals surface area contributed by atoms with Crippen molar-refractivity contribution in [2.45, 2.75) is 76.1 Å². The Balaban J connectivity index is 1.62. The van der Waals surface area contributed by atoms with E-state index >= 15 is 0 Å². The van der Waals surface area contributed by atoms with E-state index in [0.29, 0.717) is 18.0 Å². The summed E-state index contributed by atoms with van der Waals surface area (Å²) in [6, 6.07) is 0.934. The van der Waals surface area contributed by atoms with E-state index in [4.69, 9.17) is 0 Å². The lowest BCUT2D eigenvalue weighted by Gasteiger charge is -2.26. The molecule has 1 amide bonds. The van der Waals surface area contributed by atoms with Gasteiger partial charge in [0.1, 0.15) is 0 Å². The Bertz CT molecular complexity index is 269. The van der Waals surface area contributed by atoms with Crippen LogP contribution in [-0.2, 0) is 4.79 Å². The smallest absolute Gasteiger partial charge is 0.223 e. The Morgan fingerprint density at radius 2 is 1.89 bits per heavy atom. The first-order valence-electron chi connectivity index (χ1n) is 7.28. The highest BCUT2D eigenvalue weighted by molar-refractivity contribution is 8.77. The average molecular weight is 287 g/mol. The minimum atomic E-state index is 0.390. The van der Waals surface area contributed by atoms with Crippen molar-refractivity contribution in [2.75, 3.05) is 5.75 Å². The summed E-state index contributed by atoms with van der Waals surface area (Å²) in [6.45, 7) is 4.38. The third-order valence-corrected chi connectivity index (χ3v) is 7.14. The number of nitrogens with zero attached hydrogens (tertiary/aromatic N) is 1.